The summed E-state index contributed by atoms with van der Waals surface area (Å²) in [6.45, 7) is 0. The SMILES string of the molecule is Sc1ccccc1-c1cc(C(Cl)(Cl)Cl)cs1.[NaH]. The van der Waals surface area contributed by atoms with Gasteiger partial charge in [0.2, 0.25) is 3.79 Å². The van der Waals surface area contributed by atoms with Crippen LogP contribution in [0.1, 0.15) is 5.56 Å². The predicted octanol–water partition coefficient (Wildman–Crippen LogP) is 4.88. The first-order valence-electron chi connectivity index (χ1n) is 4.42. The molecule has 0 atom stereocenters. The maximum absolute atomic E-state index is 5.82. The fourth-order valence-corrected chi connectivity index (χ4v) is 3.18. The summed E-state index contributed by atoms with van der Waals surface area (Å²) in [5.41, 5.74) is 1.74. The molecule has 86 valence electrons. The van der Waals surface area contributed by atoms with Crippen LogP contribution in [0.3, 0.4) is 0 Å². The van der Waals surface area contributed by atoms with Crippen molar-refractivity contribution in [3.8, 4) is 10.4 Å². The summed E-state index contributed by atoms with van der Waals surface area (Å²) in [4.78, 5) is 1.96. The summed E-state index contributed by atoms with van der Waals surface area (Å²) in [5.74, 6) is 0. The first-order chi connectivity index (χ1) is 7.48. The van der Waals surface area contributed by atoms with Crippen molar-refractivity contribution >= 4 is 88.3 Å². The van der Waals surface area contributed by atoms with Crippen molar-refractivity contribution in [1.29, 1.82) is 0 Å². The Morgan fingerprint density at radius 1 is 1.12 bits per heavy atom. The van der Waals surface area contributed by atoms with Gasteiger partial charge in [0.05, 0.1) is 0 Å². The van der Waals surface area contributed by atoms with E-state index in [2.05, 4.69) is 12.6 Å². The molecule has 0 fully saturated rings. The molecule has 2 aromatic rings. The van der Waals surface area contributed by atoms with Crippen molar-refractivity contribution in [2.75, 3.05) is 0 Å². The van der Waals surface area contributed by atoms with Crippen molar-refractivity contribution < 1.29 is 0 Å². The summed E-state index contributed by atoms with van der Waals surface area (Å²) in [6.07, 6.45) is 0. The van der Waals surface area contributed by atoms with Gasteiger partial charge in [-0.3, -0.25) is 0 Å². The van der Waals surface area contributed by atoms with Crippen LogP contribution in [0.2, 0.25) is 0 Å². The molecule has 0 aliphatic carbocycles. The van der Waals surface area contributed by atoms with E-state index in [9.17, 15) is 0 Å². The van der Waals surface area contributed by atoms with Crippen LogP contribution in [0.25, 0.3) is 10.4 Å². The van der Waals surface area contributed by atoms with Gasteiger partial charge in [0.25, 0.3) is 0 Å². The quantitative estimate of drug-likeness (QED) is 0.429. The van der Waals surface area contributed by atoms with Gasteiger partial charge in [-0.1, -0.05) is 53.0 Å². The normalized spacial score (nSPS) is 11.1. The van der Waals surface area contributed by atoms with E-state index in [1.54, 1.807) is 11.3 Å². The van der Waals surface area contributed by atoms with E-state index in [4.69, 9.17) is 34.8 Å². The molecular weight excluding hydrogens is 326 g/mol. The number of halogens is 3. The molecule has 1 heterocycles. The van der Waals surface area contributed by atoms with Crippen molar-refractivity contribution in [2.45, 2.75) is 8.69 Å². The van der Waals surface area contributed by atoms with Crippen LogP contribution in [0.5, 0.6) is 0 Å². The third kappa shape index (κ3) is 4.05. The molecule has 0 unspecified atom stereocenters. The van der Waals surface area contributed by atoms with E-state index in [1.807, 2.05) is 35.7 Å². The Morgan fingerprint density at radius 3 is 2.29 bits per heavy atom. The van der Waals surface area contributed by atoms with Gasteiger partial charge in [0, 0.05) is 20.9 Å². The van der Waals surface area contributed by atoms with Crippen molar-refractivity contribution in [3.63, 3.8) is 0 Å². The van der Waals surface area contributed by atoms with Gasteiger partial charge in [-0.05, 0) is 17.5 Å². The second kappa shape index (κ2) is 6.53. The molecule has 0 aliphatic rings. The van der Waals surface area contributed by atoms with Crippen molar-refractivity contribution in [1.82, 2.24) is 0 Å². The van der Waals surface area contributed by atoms with Gasteiger partial charge in [-0.15, -0.1) is 24.0 Å². The van der Waals surface area contributed by atoms with Crippen LogP contribution in [0.15, 0.2) is 40.6 Å². The third-order valence-corrected chi connectivity index (χ3v) is 4.10. The van der Waals surface area contributed by atoms with Crippen LogP contribution in [0, 0.1) is 0 Å². The summed E-state index contributed by atoms with van der Waals surface area (Å²) < 4.78 is -1.36. The molecule has 0 amide bonds. The molecule has 2 rings (SSSR count). The molecule has 0 N–H and O–H groups in total. The Bertz CT molecular complexity index is 505. The van der Waals surface area contributed by atoms with E-state index in [0.717, 1.165) is 15.3 Å². The first-order valence-corrected chi connectivity index (χ1v) is 6.88. The number of alkyl halides is 3. The van der Waals surface area contributed by atoms with Crippen LogP contribution >= 0.6 is 58.8 Å². The summed E-state index contributed by atoms with van der Waals surface area (Å²) >= 11 is 23.4. The molecule has 0 bridgehead atoms. The van der Waals surface area contributed by atoms with Crippen LogP contribution < -0.4 is 0 Å². The Morgan fingerprint density at radius 2 is 1.76 bits per heavy atom. The molecule has 0 nitrogen and oxygen atoms in total. The third-order valence-electron chi connectivity index (χ3n) is 2.10. The number of benzene rings is 1. The molecule has 6 heteroatoms. The minimum atomic E-state index is -1.36. The Kier molecular flexibility index (Phi) is 6.23. The van der Waals surface area contributed by atoms with Gasteiger partial charge < -0.3 is 0 Å². The van der Waals surface area contributed by atoms with Gasteiger partial charge in [0.15, 0.2) is 0 Å². The molecule has 0 spiro atoms. The van der Waals surface area contributed by atoms with Crippen LogP contribution in [-0.4, -0.2) is 29.6 Å². The van der Waals surface area contributed by atoms with Gasteiger partial charge in [0.1, 0.15) is 0 Å². The molecule has 1 aromatic heterocycles. The van der Waals surface area contributed by atoms with Crippen molar-refractivity contribution in [2.24, 2.45) is 0 Å². The molecular formula is C11H8Cl3NaS2. The second-order valence-electron chi connectivity index (χ2n) is 3.21. The molecule has 0 aliphatic heterocycles. The standard InChI is InChI=1S/C11H7Cl3S2.Na.H/c12-11(13,14)7-5-10(16-6-7)8-3-1-2-4-9(8)15;;/h1-6,15H;;. The summed E-state index contributed by atoms with van der Waals surface area (Å²) in [7, 11) is 0. The van der Waals surface area contributed by atoms with Crippen molar-refractivity contribution in [3.05, 3.63) is 41.3 Å². The van der Waals surface area contributed by atoms with E-state index < -0.39 is 3.79 Å². The van der Waals surface area contributed by atoms with E-state index in [-0.39, 0.29) is 29.6 Å². The summed E-state index contributed by atoms with van der Waals surface area (Å²) in [5, 5.41) is 1.85. The van der Waals surface area contributed by atoms with Gasteiger partial charge in [-0.25, -0.2) is 0 Å². The average Bonchev–Trinajstić information content (AvgIpc) is 2.66. The second-order valence-corrected chi connectivity index (χ2v) is 6.89. The minimum absolute atomic E-state index is 0. The fraction of sp³-hybridized carbons (Fsp3) is 0.0909. The number of thiophene rings is 1. The monoisotopic (exact) mass is 332 g/mol. The topological polar surface area (TPSA) is 0 Å². The Hall–Kier alpha value is 1.14. The van der Waals surface area contributed by atoms with Crippen LogP contribution in [0.4, 0.5) is 0 Å². The Labute approximate surface area is 147 Å². The molecule has 0 saturated heterocycles. The molecule has 1 aromatic carbocycles. The predicted molar refractivity (Wildman–Crippen MR) is 83.4 cm³/mol. The zero-order chi connectivity index (χ0) is 11.8. The number of thiol groups is 1. The number of hydrogen-bond acceptors (Lipinski definition) is 2. The van der Waals surface area contributed by atoms with Gasteiger partial charge in [-0.2, -0.15) is 0 Å². The maximum atomic E-state index is 5.82. The first kappa shape index (κ1) is 16.2. The van der Waals surface area contributed by atoms with Gasteiger partial charge >= 0.3 is 29.6 Å². The molecule has 17 heavy (non-hydrogen) atoms. The fourth-order valence-electron chi connectivity index (χ4n) is 1.31. The summed E-state index contributed by atoms with van der Waals surface area (Å²) in [6, 6.07) is 9.72. The zero-order valence-electron chi connectivity index (χ0n) is 7.95. The number of rotatable bonds is 1. The zero-order valence-corrected chi connectivity index (χ0v) is 11.9. The van der Waals surface area contributed by atoms with E-state index >= 15 is 0 Å². The van der Waals surface area contributed by atoms with Crippen LogP contribution in [-0.2, 0) is 3.79 Å². The Balaban J connectivity index is 0.00000144. The van der Waals surface area contributed by atoms with E-state index in [0.29, 0.717) is 5.56 Å². The molecule has 0 saturated carbocycles. The van der Waals surface area contributed by atoms with E-state index in [1.165, 1.54) is 0 Å². The number of hydrogen-bond donors (Lipinski definition) is 1. The molecule has 0 radical (unpaired) electrons. The average molecular weight is 334 g/mol.